The van der Waals surface area contributed by atoms with E-state index < -0.39 is 5.60 Å². The molecule has 0 aromatic carbocycles. The smallest absolute Gasteiger partial charge is 0.410 e. The molecule has 5 saturated carbocycles. The van der Waals surface area contributed by atoms with Crippen molar-refractivity contribution in [3.8, 4) is 0 Å². The number of ether oxygens (including phenoxy) is 2. The van der Waals surface area contributed by atoms with Gasteiger partial charge in [-0.2, -0.15) is 0 Å². The maximum atomic E-state index is 12.9. The maximum Gasteiger partial charge on any atom is 0.410 e. The molecule has 6 rings (SSSR count). The normalized spacial score (nSPS) is 36.2. The van der Waals surface area contributed by atoms with Crippen molar-refractivity contribution >= 4 is 12.2 Å². The van der Waals surface area contributed by atoms with Crippen LogP contribution in [0, 0.1) is 35.0 Å². The third kappa shape index (κ3) is 4.29. The van der Waals surface area contributed by atoms with Gasteiger partial charge in [-0.05, 0) is 88.9 Å². The summed E-state index contributed by atoms with van der Waals surface area (Å²) in [6.07, 6.45) is 9.71. The Labute approximate surface area is 180 Å². The second-order valence-corrected chi connectivity index (χ2v) is 12.1. The van der Waals surface area contributed by atoms with E-state index in [9.17, 15) is 9.59 Å². The van der Waals surface area contributed by atoms with E-state index in [0.29, 0.717) is 31.5 Å². The zero-order valence-corrected chi connectivity index (χ0v) is 18.8. The first-order valence-corrected chi connectivity index (χ1v) is 12.1. The summed E-state index contributed by atoms with van der Waals surface area (Å²) in [5.74, 6) is 3.70. The topological polar surface area (TPSA) is 67.9 Å². The Hall–Kier alpha value is -1.46. The monoisotopic (exact) mass is 418 g/mol. The number of likely N-dealkylation sites (tertiary alicyclic amines) is 1. The van der Waals surface area contributed by atoms with Gasteiger partial charge in [0.1, 0.15) is 11.7 Å². The molecule has 1 saturated heterocycles. The highest BCUT2D eigenvalue weighted by molar-refractivity contribution is 5.70. The average Bonchev–Trinajstić information content (AvgIpc) is 3.41. The highest BCUT2D eigenvalue weighted by Gasteiger charge is 2.52. The van der Waals surface area contributed by atoms with Crippen molar-refractivity contribution in [1.82, 2.24) is 10.2 Å². The molecule has 4 bridgehead atoms. The molecule has 0 aromatic heterocycles. The molecule has 30 heavy (non-hydrogen) atoms. The summed E-state index contributed by atoms with van der Waals surface area (Å²) in [4.78, 5) is 26.9. The Morgan fingerprint density at radius 2 is 1.60 bits per heavy atom. The summed E-state index contributed by atoms with van der Waals surface area (Å²) in [7, 11) is 0. The van der Waals surface area contributed by atoms with Crippen LogP contribution in [0.3, 0.4) is 0 Å². The van der Waals surface area contributed by atoms with Crippen molar-refractivity contribution < 1.29 is 19.1 Å². The van der Waals surface area contributed by atoms with Gasteiger partial charge < -0.3 is 19.7 Å². The lowest BCUT2D eigenvalue weighted by atomic mass is 9.55. The standard InChI is InChI=1S/C24H38N2O4/c1-23(2,3)30-21(27)25-12-24(11-15-4-5-15)13-26(14-24)22(28)29-20-18-7-16-6-17(9-18)10-19(20)8-16/h15-20H,4-14H2,1-3H3,(H,25,27). The second-order valence-electron chi connectivity index (χ2n) is 12.1. The third-order valence-corrected chi connectivity index (χ3v) is 8.11. The van der Waals surface area contributed by atoms with Gasteiger partial charge in [0, 0.05) is 25.0 Å². The van der Waals surface area contributed by atoms with E-state index in [-0.39, 0.29) is 23.7 Å². The van der Waals surface area contributed by atoms with Crippen molar-refractivity contribution in [3.05, 3.63) is 0 Å². The molecule has 5 aliphatic carbocycles. The van der Waals surface area contributed by atoms with E-state index >= 15 is 0 Å². The van der Waals surface area contributed by atoms with Gasteiger partial charge in [-0.25, -0.2) is 9.59 Å². The molecule has 6 heteroatoms. The third-order valence-electron chi connectivity index (χ3n) is 8.11. The van der Waals surface area contributed by atoms with Crippen LogP contribution in [0.5, 0.6) is 0 Å². The van der Waals surface area contributed by atoms with Crippen LogP contribution in [-0.2, 0) is 9.47 Å². The lowest BCUT2D eigenvalue weighted by Gasteiger charge is -2.55. The van der Waals surface area contributed by atoms with Crippen LogP contribution in [0.2, 0.25) is 0 Å². The molecule has 0 radical (unpaired) electrons. The lowest BCUT2D eigenvalue weighted by molar-refractivity contribution is -0.113. The number of alkyl carbamates (subject to hydrolysis) is 1. The van der Waals surface area contributed by atoms with Gasteiger partial charge in [0.15, 0.2) is 0 Å². The Kier molecular flexibility index (Phi) is 4.98. The molecule has 6 fully saturated rings. The zero-order chi connectivity index (χ0) is 21.1. The van der Waals surface area contributed by atoms with E-state index in [0.717, 1.165) is 24.2 Å². The summed E-state index contributed by atoms with van der Waals surface area (Å²) in [5, 5.41) is 2.96. The van der Waals surface area contributed by atoms with Crippen molar-refractivity contribution in [2.24, 2.45) is 35.0 Å². The largest absolute Gasteiger partial charge is 0.446 e. The van der Waals surface area contributed by atoms with E-state index in [4.69, 9.17) is 9.47 Å². The van der Waals surface area contributed by atoms with Gasteiger partial charge >= 0.3 is 12.2 Å². The highest BCUT2D eigenvalue weighted by Crippen LogP contribution is 2.55. The fraction of sp³-hybridized carbons (Fsp3) is 0.917. The zero-order valence-electron chi connectivity index (χ0n) is 18.8. The van der Waals surface area contributed by atoms with Crippen LogP contribution in [0.25, 0.3) is 0 Å². The molecule has 1 N–H and O–H groups in total. The minimum atomic E-state index is -0.498. The Morgan fingerprint density at radius 3 is 2.13 bits per heavy atom. The van der Waals surface area contributed by atoms with Crippen LogP contribution < -0.4 is 5.32 Å². The molecule has 168 valence electrons. The van der Waals surface area contributed by atoms with E-state index in [1.807, 2.05) is 25.7 Å². The van der Waals surface area contributed by atoms with Crippen LogP contribution in [0.1, 0.15) is 72.1 Å². The number of nitrogens with zero attached hydrogens (tertiary/aromatic N) is 1. The number of nitrogens with one attached hydrogen (secondary N) is 1. The van der Waals surface area contributed by atoms with E-state index in [2.05, 4.69) is 5.32 Å². The van der Waals surface area contributed by atoms with Gasteiger partial charge in [0.2, 0.25) is 0 Å². The van der Waals surface area contributed by atoms with Crippen LogP contribution in [0.4, 0.5) is 9.59 Å². The fourth-order valence-electron chi connectivity index (χ4n) is 6.97. The predicted octanol–water partition coefficient (Wildman–Crippen LogP) is 4.57. The van der Waals surface area contributed by atoms with Crippen LogP contribution in [-0.4, -0.2) is 48.4 Å². The number of hydrogen-bond acceptors (Lipinski definition) is 4. The number of carbonyl (C=O) groups is 2. The maximum absolute atomic E-state index is 12.9. The number of rotatable bonds is 5. The van der Waals surface area contributed by atoms with Crippen LogP contribution >= 0.6 is 0 Å². The van der Waals surface area contributed by atoms with Gasteiger partial charge in [0.05, 0.1) is 0 Å². The molecular formula is C24H38N2O4. The summed E-state index contributed by atoms with van der Waals surface area (Å²) in [6.45, 7) is 7.56. The second kappa shape index (κ2) is 7.30. The lowest BCUT2D eigenvalue weighted by Crippen LogP contribution is -2.63. The fourth-order valence-corrected chi connectivity index (χ4v) is 6.97. The molecule has 0 atom stereocenters. The van der Waals surface area contributed by atoms with Gasteiger partial charge in [0.25, 0.3) is 0 Å². The summed E-state index contributed by atoms with van der Waals surface area (Å²) in [5.41, 5.74) is -0.525. The first-order chi connectivity index (χ1) is 14.2. The molecule has 0 unspecified atom stereocenters. The molecule has 2 amide bonds. The quantitative estimate of drug-likeness (QED) is 0.710. The summed E-state index contributed by atoms with van der Waals surface area (Å²) in [6, 6.07) is 0. The minimum absolute atomic E-state index is 0.0266. The van der Waals surface area contributed by atoms with Crippen LogP contribution in [0.15, 0.2) is 0 Å². The van der Waals surface area contributed by atoms with E-state index in [1.165, 1.54) is 44.9 Å². The molecular weight excluding hydrogens is 380 g/mol. The van der Waals surface area contributed by atoms with Crippen molar-refractivity contribution in [2.45, 2.75) is 83.8 Å². The number of amides is 2. The molecule has 6 aliphatic rings. The van der Waals surface area contributed by atoms with E-state index in [1.54, 1.807) is 0 Å². The van der Waals surface area contributed by atoms with Gasteiger partial charge in [-0.3, -0.25) is 0 Å². The number of carbonyl (C=O) groups excluding carboxylic acids is 2. The number of hydrogen-bond donors (Lipinski definition) is 1. The molecule has 0 aromatic rings. The minimum Gasteiger partial charge on any atom is -0.446 e. The van der Waals surface area contributed by atoms with Crippen molar-refractivity contribution in [3.63, 3.8) is 0 Å². The first-order valence-electron chi connectivity index (χ1n) is 12.1. The average molecular weight is 419 g/mol. The molecule has 1 heterocycles. The van der Waals surface area contributed by atoms with Crippen molar-refractivity contribution in [1.29, 1.82) is 0 Å². The predicted molar refractivity (Wildman–Crippen MR) is 113 cm³/mol. The molecule has 6 nitrogen and oxygen atoms in total. The SMILES string of the molecule is CC(C)(C)OC(=O)NCC1(CC2CC2)CN(C(=O)OC2C3CC4CC(C3)CC2C4)C1. The van der Waals surface area contributed by atoms with Crippen molar-refractivity contribution in [2.75, 3.05) is 19.6 Å². The molecule has 1 aliphatic heterocycles. The van der Waals surface area contributed by atoms with Gasteiger partial charge in [-0.1, -0.05) is 12.8 Å². The Morgan fingerprint density at radius 1 is 1.00 bits per heavy atom. The first kappa shape index (κ1) is 20.4. The summed E-state index contributed by atoms with van der Waals surface area (Å²) < 4.78 is 11.5. The molecule has 0 spiro atoms. The summed E-state index contributed by atoms with van der Waals surface area (Å²) >= 11 is 0. The van der Waals surface area contributed by atoms with Gasteiger partial charge in [-0.15, -0.1) is 0 Å². The highest BCUT2D eigenvalue weighted by atomic mass is 16.6. The Bertz CT molecular complexity index is 662. The Balaban J connectivity index is 1.14.